The number of aromatic hydroxyl groups is 1. The number of anilines is 1. The molecule has 0 amide bonds. The van der Waals surface area contributed by atoms with E-state index in [4.69, 9.17) is 15.4 Å². The number of benzene rings is 1. The van der Waals surface area contributed by atoms with Crippen molar-refractivity contribution < 1.29 is 9.52 Å². The van der Waals surface area contributed by atoms with Gasteiger partial charge >= 0.3 is 0 Å². The smallest absolute Gasteiger partial charge is 0.209 e. The maximum Gasteiger partial charge on any atom is 0.209 e. The summed E-state index contributed by atoms with van der Waals surface area (Å²) in [7, 11) is 0. The monoisotopic (exact) mass is 202 g/mol. The number of nitriles is 1. The van der Waals surface area contributed by atoms with Gasteiger partial charge in [0.15, 0.2) is 0 Å². The van der Waals surface area contributed by atoms with E-state index in [-0.39, 0.29) is 17.2 Å². The molecule has 0 saturated carbocycles. The minimum Gasteiger partial charge on any atom is -0.508 e. The number of hydrogen-bond acceptors (Lipinski definition) is 4. The van der Waals surface area contributed by atoms with E-state index >= 15 is 0 Å². The van der Waals surface area contributed by atoms with E-state index in [1.807, 2.05) is 13.0 Å². The van der Waals surface area contributed by atoms with E-state index in [2.05, 4.69) is 0 Å². The number of aryl methyl sites for hydroxylation is 1. The van der Waals surface area contributed by atoms with Crippen molar-refractivity contribution in [2.75, 3.05) is 5.73 Å². The summed E-state index contributed by atoms with van der Waals surface area (Å²) in [5.41, 5.74) is 7.95. The highest BCUT2D eigenvalue weighted by atomic mass is 16.3. The molecule has 4 heteroatoms. The van der Waals surface area contributed by atoms with Crippen LogP contribution in [-0.4, -0.2) is 5.11 Å². The van der Waals surface area contributed by atoms with Crippen molar-refractivity contribution >= 4 is 16.9 Å². The summed E-state index contributed by atoms with van der Waals surface area (Å²) in [5, 5.41) is 19.1. The maximum atomic E-state index is 9.64. The lowest BCUT2D eigenvalue weighted by atomic mass is 10.0. The number of nitrogens with zero attached hydrogens (tertiary/aromatic N) is 1. The highest BCUT2D eigenvalue weighted by Gasteiger charge is 2.16. The zero-order chi connectivity index (χ0) is 11.2. The number of phenolic OH excluding ortho intramolecular Hbond substituents is 1. The van der Waals surface area contributed by atoms with E-state index in [9.17, 15) is 5.11 Å². The second-order valence-corrected chi connectivity index (χ2v) is 3.48. The number of fused-ring (bicyclic) bond motifs is 1. The van der Waals surface area contributed by atoms with Crippen LogP contribution in [0.5, 0.6) is 5.75 Å². The average Bonchev–Trinajstić information content (AvgIpc) is 2.51. The fourth-order valence-electron chi connectivity index (χ4n) is 1.60. The molecule has 0 aliphatic heterocycles. The number of furan rings is 1. The molecule has 76 valence electrons. The van der Waals surface area contributed by atoms with Crippen molar-refractivity contribution in [3.8, 4) is 11.8 Å². The fourth-order valence-corrected chi connectivity index (χ4v) is 1.60. The summed E-state index contributed by atoms with van der Waals surface area (Å²) in [4.78, 5) is 0. The lowest BCUT2D eigenvalue weighted by Crippen LogP contribution is -1.84. The Bertz CT molecular complexity index is 591. The van der Waals surface area contributed by atoms with Gasteiger partial charge in [0.2, 0.25) is 5.88 Å². The van der Waals surface area contributed by atoms with Gasteiger partial charge in [0, 0.05) is 5.39 Å². The number of nitrogen functional groups attached to an aromatic ring is 1. The molecule has 0 bridgehead atoms. The molecule has 0 unspecified atom stereocenters. The topological polar surface area (TPSA) is 83.2 Å². The van der Waals surface area contributed by atoms with E-state index < -0.39 is 0 Å². The van der Waals surface area contributed by atoms with Crippen molar-refractivity contribution in [1.29, 1.82) is 5.26 Å². The SMILES string of the molecule is Cc1c(O)cc2c(C#N)c(N)oc2c1C. The summed E-state index contributed by atoms with van der Waals surface area (Å²) in [6, 6.07) is 3.47. The van der Waals surface area contributed by atoms with Crippen LogP contribution in [0, 0.1) is 25.2 Å². The van der Waals surface area contributed by atoms with Gasteiger partial charge in [-0.05, 0) is 31.0 Å². The fraction of sp³-hybridized carbons (Fsp3) is 0.182. The third kappa shape index (κ3) is 1.13. The van der Waals surface area contributed by atoms with Crippen LogP contribution in [-0.2, 0) is 0 Å². The van der Waals surface area contributed by atoms with Gasteiger partial charge in [-0.2, -0.15) is 5.26 Å². The van der Waals surface area contributed by atoms with Crippen LogP contribution in [0.4, 0.5) is 5.88 Å². The first kappa shape index (κ1) is 9.41. The van der Waals surface area contributed by atoms with Gasteiger partial charge in [-0.1, -0.05) is 0 Å². The first-order valence-electron chi connectivity index (χ1n) is 4.47. The van der Waals surface area contributed by atoms with Crippen LogP contribution in [0.2, 0.25) is 0 Å². The normalized spacial score (nSPS) is 10.5. The molecule has 4 nitrogen and oxygen atoms in total. The predicted octanol–water partition coefficient (Wildman–Crippen LogP) is 2.21. The van der Waals surface area contributed by atoms with Gasteiger partial charge in [-0.25, -0.2) is 0 Å². The Hall–Kier alpha value is -2.15. The van der Waals surface area contributed by atoms with Gasteiger partial charge < -0.3 is 15.3 Å². The molecular formula is C11H10N2O2. The third-order valence-corrected chi connectivity index (χ3v) is 2.65. The summed E-state index contributed by atoms with van der Waals surface area (Å²) in [6.07, 6.45) is 0. The molecule has 0 atom stereocenters. The van der Waals surface area contributed by atoms with Gasteiger partial charge in [0.1, 0.15) is 23.0 Å². The Balaban J connectivity index is 3.00. The largest absolute Gasteiger partial charge is 0.508 e. The molecular weight excluding hydrogens is 192 g/mol. The number of nitrogens with two attached hydrogens (primary N) is 1. The molecule has 1 aromatic heterocycles. The molecule has 1 aromatic carbocycles. The van der Waals surface area contributed by atoms with E-state index in [0.29, 0.717) is 11.0 Å². The summed E-state index contributed by atoms with van der Waals surface area (Å²) in [5.74, 6) is 0.248. The first-order chi connectivity index (χ1) is 7.06. The minimum absolute atomic E-state index is 0.0978. The van der Waals surface area contributed by atoms with Gasteiger partial charge in [0.25, 0.3) is 0 Å². The maximum absolute atomic E-state index is 9.64. The number of rotatable bonds is 0. The predicted molar refractivity (Wildman–Crippen MR) is 56.5 cm³/mol. The highest BCUT2D eigenvalue weighted by Crippen LogP contribution is 2.35. The molecule has 2 rings (SSSR count). The summed E-state index contributed by atoms with van der Waals surface area (Å²) in [6.45, 7) is 3.61. The van der Waals surface area contributed by atoms with Crippen molar-refractivity contribution in [1.82, 2.24) is 0 Å². The van der Waals surface area contributed by atoms with Crippen molar-refractivity contribution in [2.24, 2.45) is 0 Å². The molecule has 3 N–H and O–H groups in total. The lowest BCUT2D eigenvalue weighted by molar-refractivity contribution is 0.471. The van der Waals surface area contributed by atoms with Crippen LogP contribution in [0.3, 0.4) is 0 Å². The van der Waals surface area contributed by atoms with Crippen LogP contribution in [0.25, 0.3) is 11.0 Å². The molecule has 0 saturated heterocycles. The summed E-state index contributed by atoms with van der Waals surface area (Å²) < 4.78 is 5.30. The highest BCUT2D eigenvalue weighted by molar-refractivity contribution is 5.92. The van der Waals surface area contributed by atoms with Gasteiger partial charge in [-0.15, -0.1) is 0 Å². The Morgan fingerprint density at radius 2 is 2.07 bits per heavy atom. The van der Waals surface area contributed by atoms with Crippen LogP contribution >= 0.6 is 0 Å². The van der Waals surface area contributed by atoms with Gasteiger partial charge in [0.05, 0.1) is 0 Å². The Morgan fingerprint density at radius 3 is 2.67 bits per heavy atom. The number of phenols is 1. The van der Waals surface area contributed by atoms with E-state index in [1.165, 1.54) is 6.07 Å². The molecule has 0 radical (unpaired) electrons. The van der Waals surface area contributed by atoms with E-state index in [0.717, 1.165) is 11.1 Å². The zero-order valence-electron chi connectivity index (χ0n) is 8.46. The molecule has 1 heterocycles. The third-order valence-electron chi connectivity index (χ3n) is 2.65. The Labute approximate surface area is 86.5 Å². The van der Waals surface area contributed by atoms with Crippen LogP contribution in [0.15, 0.2) is 10.5 Å². The van der Waals surface area contributed by atoms with Gasteiger partial charge in [-0.3, -0.25) is 0 Å². The van der Waals surface area contributed by atoms with Crippen molar-refractivity contribution in [3.63, 3.8) is 0 Å². The molecule has 15 heavy (non-hydrogen) atoms. The quantitative estimate of drug-likeness (QED) is 0.686. The van der Waals surface area contributed by atoms with Crippen LogP contribution in [0.1, 0.15) is 16.7 Å². The molecule has 0 spiro atoms. The van der Waals surface area contributed by atoms with Crippen LogP contribution < -0.4 is 5.73 Å². The molecule has 0 aliphatic rings. The Morgan fingerprint density at radius 1 is 1.40 bits per heavy atom. The van der Waals surface area contributed by atoms with Crippen molar-refractivity contribution in [3.05, 3.63) is 22.8 Å². The molecule has 2 aromatic rings. The van der Waals surface area contributed by atoms with Crippen molar-refractivity contribution in [2.45, 2.75) is 13.8 Å². The van der Waals surface area contributed by atoms with E-state index in [1.54, 1.807) is 6.92 Å². The average molecular weight is 202 g/mol. The summed E-state index contributed by atoms with van der Waals surface area (Å²) >= 11 is 0. The second kappa shape index (κ2) is 2.92. The molecule has 0 fully saturated rings. The first-order valence-corrected chi connectivity index (χ1v) is 4.47. The second-order valence-electron chi connectivity index (χ2n) is 3.48. The minimum atomic E-state index is 0.0978. The zero-order valence-corrected chi connectivity index (χ0v) is 8.46. The lowest BCUT2D eigenvalue weighted by Gasteiger charge is -2.02. The number of hydrogen-bond donors (Lipinski definition) is 2. The molecule has 0 aliphatic carbocycles. The Kier molecular flexibility index (Phi) is 1.83. The standard InChI is InChI=1S/C11H10N2O2/c1-5-6(2)10-7(3-9(5)14)8(4-12)11(13)15-10/h3,14H,13H2,1-2H3.